The lowest BCUT2D eigenvalue weighted by molar-refractivity contribution is -0.144. The fourth-order valence-corrected chi connectivity index (χ4v) is 5.46. The van der Waals surface area contributed by atoms with Crippen molar-refractivity contribution in [3.05, 3.63) is 35.9 Å². The maximum atomic E-state index is 13.6. The van der Waals surface area contributed by atoms with E-state index in [-0.39, 0.29) is 18.8 Å². The summed E-state index contributed by atoms with van der Waals surface area (Å²) in [5.41, 5.74) is 5.69. The number of hydrogen-bond donors (Lipinski definition) is 12. The lowest BCUT2D eigenvalue weighted by Gasteiger charge is -2.28. The fourth-order valence-electron chi connectivity index (χ4n) is 5.46. The Balaban J connectivity index is 3.19. The highest BCUT2D eigenvalue weighted by Crippen LogP contribution is 2.10. The van der Waals surface area contributed by atoms with E-state index in [0.29, 0.717) is 5.56 Å². The first-order valence-corrected chi connectivity index (χ1v) is 18.7. The third kappa shape index (κ3) is 19.2. The monoisotopic (exact) mass is 850 g/mol. The molecular formula is C37H54N8O15. The summed E-state index contributed by atoms with van der Waals surface area (Å²) < 4.78 is 0. The van der Waals surface area contributed by atoms with Crippen LogP contribution in [0.5, 0.6) is 0 Å². The molecule has 332 valence electrons. The smallest absolute Gasteiger partial charge is 0.326 e. The van der Waals surface area contributed by atoms with E-state index >= 15 is 0 Å². The zero-order chi connectivity index (χ0) is 45.9. The molecule has 0 aliphatic carbocycles. The summed E-state index contributed by atoms with van der Waals surface area (Å²) in [7, 11) is 0. The van der Waals surface area contributed by atoms with Crippen LogP contribution in [0.15, 0.2) is 30.3 Å². The largest absolute Gasteiger partial charge is 0.481 e. The van der Waals surface area contributed by atoms with Gasteiger partial charge in [0.1, 0.15) is 42.3 Å². The molecule has 1 rings (SSSR count). The number of primary amides is 1. The Kier molecular flexibility index (Phi) is 21.4. The number of carbonyl (C=O) groups excluding carboxylic acids is 8. The van der Waals surface area contributed by atoms with Crippen molar-refractivity contribution in [2.75, 3.05) is 0 Å². The van der Waals surface area contributed by atoms with Crippen LogP contribution < -0.4 is 43.0 Å². The highest BCUT2D eigenvalue weighted by molar-refractivity contribution is 5.98. The normalized spacial score (nSPS) is 14.8. The number of benzene rings is 1. The number of aliphatic carboxylic acids is 3. The van der Waals surface area contributed by atoms with E-state index in [1.165, 1.54) is 13.8 Å². The van der Waals surface area contributed by atoms with Gasteiger partial charge in [0, 0.05) is 19.8 Å². The maximum absolute atomic E-state index is 13.6. The number of hydrogen-bond acceptors (Lipinski definition) is 12. The van der Waals surface area contributed by atoms with E-state index in [1.54, 1.807) is 44.2 Å². The van der Waals surface area contributed by atoms with Gasteiger partial charge in [-0.25, -0.2) is 4.79 Å². The Hall–Kier alpha value is -6.65. The first-order valence-electron chi connectivity index (χ1n) is 18.7. The van der Waals surface area contributed by atoms with Crippen LogP contribution in [0.2, 0.25) is 0 Å². The number of carboxylic acids is 3. The number of aliphatic hydroxyl groups excluding tert-OH is 1. The van der Waals surface area contributed by atoms with Crippen LogP contribution >= 0.6 is 0 Å². The van der Waals surface area contributed by atoms with E-state index < -0.39 is 139 Å². The Bertz CT molecular complexity index is 1740. The summed E-state index contributed by atoms with van der Waals surface area (Å²) in [6.45, 7) is 6.78. The van der Waals surface area contributed by atoms with Crippen molar-refractivity contribution in [3.8, 4) is 0 Å². The highest BCUT2D eigenvalue weighted by atomic mass is 16.4. The van der Waals surface area contributed by atoms with Gasteiger partial charge in [0.2, 0.25) is 47.3 Å². The first kappa shape index (κ1) is 51.4. The third-order valence-corrected chi connectivity index (χ3v) is 8.45. The molecule has 1 aromatic carbocycles. The van der Waals surface area contributed by atoms with E-state index in [2.05, 4.69) is 31.9 Å². The lowest BCUT2D eigenvalue weighted by atomic mass is 10.0. The molecule has 0 saturated heterocycles. The van der Waals surface area contributed by atoms with Crippen molar-refractivity contribution >= 4 is 65.2 Å². The van der Waals surface area contributed by atoms with Gasteiger partial charge in [-0.05, 0) is 38.2 Å². The van der Waals surface area contributed by atoms with Gasteiger partial charge >= 0.3 is 17.9 Å². The minimum absolute atomic E-state index is 0.0250. The number of carboxylic acid groups (broad SMARTS) is 3. The van der Waals surface area contributed by atoms with Gasteiger partial charge < -0.3 is 63.4 Å². The minimum Gasteiger partial charge on any atom is -0.481 e. The van der Waals surface area contributed by atoms with Crippen molar-refractivity contribution < 1.29 is 73.2 Å². The Labute approximate surface area is 344 Å². The Morgan fingerprint density at radius 2 is 1.05 bits per heavy atom. The van der Waals surface area contributed by atoms with Crippen LogP contribution in [-0.2, 0) is 59.2 Å². The van der Waals surface area contributed by atoms with Crippen LogP contribution in [0.4, 0.5) is 0 Å². The molecule has 60 heavy (non-hydrogen) atoms. The van der Waals surface area contributed by atoms with Gasteiger partial charge in [0.25, 0.3) is 0 Å². The lowest BCUT2D eigenvalue weighted by Crippen LogP contribution is -2.61. The van der Waals surface area contributed by atoms with Crippen molar-refractivity contribution in [3.63, 3.8) is 0 Å². The van der Waals surface area contributed by atoms with E-state index in [4.69, 9.17) is 5.73 Å². The molecule has 0 radical (unpaired) electrons. The van der Waals surface area contributed by atoms with Gasteiger partial charge in [-0.1, -0.05) is 44.2 Å². The third-order valence-electron chi connectivity index (χ3n) is 8.45. The van der Waals surface area contributed by atoms with Gasteiger partial charge in [0.15, 0.2) is 0 Å². The molecule has 0 aliphatic rings. The SMILES string of the molecule is CC(=O)N[C@@H](Cc1ccccc1)C(=O)N[C@H](C(=O)N[C@@H](CC(C)C)C(=O)N[C@@H](CC(=O)O)C(=O)N[C@@H](C)C(=O)N[C@@H](CC(=O)O)C(=O)N[C@@H](CCC(N)=O)C(=O)O)[C@H](C)O. The Morgan fingerprint density at radius 3 is 1.52 bits per heavy atom. The molecule has 0 bridgehead atoms. The van der Waals surface area contributed by atoms with Gasteiger partial charge in [-0.2, -0.15) is 0 Å². The van der Waals surface area contributed by atoms with E-state index in [9.17, 15) is 73.2 Å². The molecule has 0 fully saturated rings. The van der Waals surface area contributed by atoms with Crippen LogP contribution in [0.1, 0.15) is 72.3 Å². The van der Waals surface area contributed by atoms with Crippen molar-refractivity contribution in [1.82, 2.24) is 37.2 Å². The zero-order valence-corrected chi connectivity index (χ0v) is 33.7. The number of nitrogens with one attached hydrogen (secondary N) is 7. The van der Waals surface area contributed by atoms with Gasteiger partial charge in [-0.15, -0.1) is 0 Å². The predicted molar refractivity (Wildman–Crippen MR) is 207 cm³/mol. The van der Waals surface area contributed by atoms with Gasteiger partial charge in [-0.3, -0.25) is 47.9 Å². The van der Waals surface area contributed by atoms with Crippen LogP contribution in [0.3, 0.4) is 0 Å². The maximum Gasteiger partial charge on any atom is 0.326 e. The van der Waals surface area contributed by atoms with Crippen molar-refractivity contribution in [2.45, 2.75) is 122 Å². The summed E-state index contributed by atoms with van der Waals surface area (Å²) >= 11 is 0. The average Bonchev–Trinajstić information content (AvgIpc) is 3.13. The molecule has 0 unspecified atom stereocenters. The minimum atomic E-state index is -1.89. The molecule has 23 nitrogen and oxygen atoms in total. The van der Waals surface area contributed by atoms with Crippen LogP contribution in [0.25, 0.3) is 0 Å². The molecule has 8 atom stereocenters. The second kappa shape index (κ2) is 25.0. The highest BCUT2D eigenvalue weighted by Gasteiger charge is 2.35. The molecule has 0 heterocycles. The number of amides is 8. The Morgan fingerprint density at radius 1 is 0.583 bits per heavy atom. The van der Waals surface area contributed by atoms with Crippen molar-refractivity contribution in [1.29, 1.82) is 0 Å². The molecule has 8 amide bonds. The number of aliphatic hydroxyl groups is 1. The zero-order valence-electron chi connectivity index (χ0n) is 33.7. The quantitative estimate of drug-likeness (QED) is 0.0428. The number of carbonyl (C=O) groups is 11. The average molecular weight is 851 g/mol. The van der Waals surface area contributed by atoms with Crippen LogP contribution in [0, 0.1) is 5.92 Å². The van der Waals surface area contributed by atoms with Gasteiger partial charge in [0.05, 0.1) is 18.9 Å². The molecule has 23 heteroatoms. The summed E-state index contributed by atoms with van der Waals surface area (Å²) in [5.74, 6) is -13.2. The number of nitrogens with two attached hydrogens (primary N) is 1. The first-order chi connectivity index (χ1) is 27.9. The molecule has 13 N–H and O–H groups in total. The van der Waals surface area contributed by atoms with E-state index in [0.717, 1.165) is 6.92 Å². The predicted octanol–water partition coefficient (Wildman–Crippen LogP) is -3.61. The summed E-state index contributed by atoms with van der Waals surface area (Å²) in [6, 6.07) is -2.81. The molecule has 1 aromatic rings. The summed E-state index contributed by atoms with van der Waals surface area (Å²) in [4.78, 5) is 137. The van der Waals surface area contributed by atoms with Crippen molar-refractivity contribution in [2.24, 2.45) is 11.7 Å². The standard InChI is InChI=1S/C37H54N8O15/c1-17(2)13-23(44-36(58)30(19(4)46)45-35(57)24(40-20(5)47)14-21-9-7-6-8-10-21)33(55)43-25(15-28(49)50)32(54)39-18(3)31(53)42-26(16-29(51)52)34(56)41-22(37(59)60)11-12-27(38)48/h6-10,17-19,22-26,30,46H,11-16H2,1-5H3,(H2,38,48)(H,39,54)(H,40,47)(H,41,56)(H,42,53)(H,43,55)(H,44,58)(H,45,57)(H,49,50)(H,51,52)(H,59,60)/t18-,19-,22-,23-,24-,25-,26-,30-/m0/s1. The molecular weight excluding hydrogens is 796 g/mol. The molecule has 0 spiro atoms. The van der Waals surface area contributed by atoms with E-state index in [1.807, 2.05) is 5.32 Å². The topological polar surface area (TPSA) is 379 Å². The molecule has 0 saturated carbocycles. The fraction of sp³-hybridized carbons (Fsp3) is 0.541. The number of rotatable bonds is 26. The van der Waals surface area contributed by atoms with Crippen LogP contribution in [-0.4, -0.2) is 134 Å². The summed E-state index contributed by atoms with van der Waals surface area (Å²) in [5, 5.41) is 54.4. The second-order valence-electron chi connectivity index (χ2n) is 14.3. The summed E-state index contributed by atoms with van der Waals surface area (Å²) in [6.07, 6.45) is -4.61. The molecule has 0 aliphatic heterocycles. The molecule has 0 aromatic heterocycles. The second-order valence-corrected chi connectivity index (χ2v) is 14.3.